The molecule has 4 nitrogen and oxygen atoms in total. The Bertz CT molecular complexity index is 436. The lowest BCUT2D eigenvalue weighted by Crippen LogP contribution is -2.34. The fourth-order valence-electron chi connectivity index (χ4n) is 1.91. The van der Waals surface area contributed by atoms with E-state index in [-0.39, 0.29) is 0 Å². The van der Waals surface area contributed by atoms with Crippen LogP contribution in [0.15, 0.2) is 24.3 Å². The molecule has 0 spiro atoms. The summed E-state index contributed by atoms with van der Waals surface area (Å²) in [7, 11) is 0. The summed E-state index contributed by atoms with van der Waals surface area (Å²) in [6, 6.07) is 7.29. The van der Waals surface area contributed by atoms with Crippen LogP contribution < -0.4 is 0 Å². The molecule has 1 N–H and O–H groups in total. The van der Waals surface area contributed by atoms with Crippen LogP contribution in [0.5, 0.6) is 0 Å². The summed E-state index contributed by atoms with van der Waals surface area (Å²) >= 11 is 1.43. The second-order valence-corrected chi connectivity index (χ2v) is 5.04. The summed E-state index contributed by atoms with van der Waals surface area (Å²) in [6.45, 7) is 1.26. The van der Waals surface area contributed by atoms with Crippen molar-refractivity contribution in [2.75, 3.05) is 12.3 Å². The highest BCUT2D eigenvalue weighted by Gasteiger charge is 2.31. The molecule has 1 unspecified atom stereocenters. The molecular formula is C12H13NO3S. The van der Waals surface area contributed by atoms with Gasteiger partial charge < -0.3 is 5.11 Å². The number of thioether (sulfide) groups is 1. The van der Waals surface area contributed by atoms with E-state index in [1.165, 1.54) is 11.8 Å². The highest BCUT2D eigenvalue weighted by atomic mass is 32.2. The van der Waals surface area contributed by atoms with E-state index in [9.17, 15) is 9.59 Å². The van der Waals surface area contributed by atoms with Crippen molar-refractivity contribution in [2.24, 2.45) is 0 Å². The van der Waals surface area contributed by atoms with Gasteiger partial charge in [0.15, 0.2) is 5.37 Å². The number of aldehydes is 1. The summed E-state index contributed by atoms with van der Waals surface area (Å²) < 4.78 is 0. The minimum Gasteiger partial charge on any atom is -0.479 e. The lowest BCUT2D eigenvalue weighted by atomic mass is 10.1. The maximum atomic E-state index is 11.0. The van der Waals surface area contributed by atoms with Crippen LogP contribution in [-0.4, -0.2) is 39.9 Å². The molecule has 1 saturated heterocycles. The largest absolute Gasteiger partial charge is 0.479 e. The molecule has 0 amide bonds. The predicted molar refractivity (Wildman–Crippen MR) is 66.1 cm³/mol. The molecule has 0 aromatic heterocycles. The minimum absolute atomic E-state index is 0.491. The van der Waals surface area contributed by atoms with Gasteiger partial charge in [0.25, 0.3) is 0 Å². The van der Waals surface area contributed by atoms with E-state index >= 15 is 0 Å². The number of carbonyl (C=O) groups excluding carboxylic acids is 1. The smallest absolute Gasteiger partial charge is 0.331 e. The molecule has 1 aromatic rings. The van der Waals surface area contributed by atoms with E-state index in [0.717, 1.165) is 24.1 Å². The van der Waals surface area contributed by atoms with Gasteiger partial charge in [-0.2, -0.15) is 0 Å². The van der Waals surface area contributed by atoms with Gasteiger partial charge >= 0.3 is 5.97 Å². The molecule has 17 heavy (non-hydrogen) atoms. The van der Waals surface area contributed by atoms with Crippen molar-refractivity contribution in [2.45, 2.75) is 11.9 Å². The minimum atomic E-state index is -0.809. The van der Waals surface area contributed by atoms with Gasteiger partial charge in [-0.05, 0) is 5.56 Å². The summed E-state index contributed by atoms with van der Waals surface area (Å²) in [4.78, 5) is 23.8. The molecule has 2 rings (SSSR count). The monoisotopic (exact) mass is 251 g/mol. The van der Waals surface area contributed by atoms with Crippen LogP contribution in [0.4, 0.5) is 0 Å². The maximum Gasteiger partial charge on any atom is 0.331 e. The first-order chi connectivity index (χ1) is 8.22. The van der Waals surface area contributed by atoms with Crippen LogP contribution >= 0.6 is 11.8 Å². The Hall–Kier alpha value is -1.33. The zero-order valence-electron chi connectivity index (χ0n) is 9.20. The van der Waals surface area contributed by atoms with Crippen molar-refractivity contribution in [1.82, 2.24) is 4.90 Å². The van der Waals surface area contributed by atoms with E-state index in [1.807, 2.05) is 17.0 Å². The van der Waals surface area contributed by atoms with Gasteiger partial charge in [0.2, 0.25) is 0 Å². The number of hydrogen-bond acceptors (Lipinski definition) is 4. The van der Waals surface area contributed by atoms with Crippen LogP contribution in [0.25, 0.3) is 0 Å². The van der Waals surface area contributed by atoms with Crippen LogP contribution in [0.3, 0.4) is 0 Å². The standard InChI is InChI=1S/C12H13NO3S/c14-8-10-4-2-1-3-9(10)7-13-5-6-17-11(13)12(15)16/h1-4,8,11H,5-7H2,(H,15,16). The third-order valence-corrected chi connectivity index (χ3v) is 3.99. The summed E-state index contributed by atoms with van der Waals surface area (Å²) in [5.41, 5.74) is 1.52. The van der Waals surface area contributed by atoms with Gasteiger partial charge in [0, 0.05) is 24.4 Å². The van der Waals surface area contributed by atoms with Crippen LogP contribution in [-0.2, 0) is 11.3 Å². The summed E-state index contributed by atoms with van der Waals surface area (Å²) in [5, 5.41) is 8.57. The Balaban J connectivity index is 2.15. The number of nitrogens with zero attached hydrogens (tertiary/aromatic N) is 1. The van der Waals surface area contributed by atoms with Crippen molar-refractivity contribution >= 4 is 24.0 Å². The molecule has 0 saturated carbocycles. The highest BCUT2D eigenvalue weighted by molar-refractivity contribution is 8.00. The van der Waals surface area contributed by atoms with Gasteiger partial charge in [-0.1, -0.05) is 24.3 Å². The molecule has 90 valence electrons. The SMILES string of the molecule is O=Cc1ccccc1CN1CCSC1C(=O)O. The average molecular weight is 251 g/mol. The molecule has 0 aliphatic carbocycles. The third kappa shape index (κ3) is 2.68. The first-order valence-electron chi connectivity index (χ1n) is 5.34. The quantitative estimate of drug-likeness (QED) is 0.821. The number of carbonyl (C=O) groups is 2. The molecule has 1 atom stereocenters. The van der Waals surface area contributed by atoms with Crippen LogP contribution in [0.2, 0.25) is 0 Å². The van der Waals surface area contributed by atoms with E-state index in [2.05, 4.69) is 0 Å². The Labute approximate surface area is 104 Å². The highest BCUT2D eigenvalue weighted by Crippen LogP contribution is 2.26. The Kier molecular flexibility index (Phi) is 3.81. The molecule has 1 heterocycles. The first-order valence-corrected chi connectivity index (χ1v) is 6.39. The van der Waals surface area contributed by atoms with Gasteiger partial charge in [-0.3, -0.25) is 9.69 Å². The van der Waals surface area contributed by atoms with E-state index in [4.69, 9.17) is 5.11 Å². The Morgan fingerprint density at radius 3 is 3.00 bits per heavy atom. The number of rotatable bonds is 4. The Morgan fingerprint density at radius 2 is 2.29 bits per heavy atom. The second kappa shape index (κ2) is 5.33. The lowest BCUT2D eigenvalue weighted by Gasteiger charge is -2.20. The predicted octanol–water partition coefficient (Wildman–Crippen LogP) is 1.46. The first kappa shape index (κ1) is 12.1. The van der Waals surface area contributed by atoms with Gasteiger partial charge in [-0.25, -0.2) is 4.79 Å². The fourth-order valence-corrected chi connectivity index (χ4v) is 3.00. The van der Waals surface area contributed by atoms with Gasteiger partial charge in [-0.15, -0.1) is 11.8 Å². The van der Waals surface area contributed by atoms with Crippen molar-refractivity contribution in [3.63, 3.8) is 0 Å². The van der Waals surface area contributed by atoms with Crippen molar-refractivity contribution in [1.29, 1.82) is 0 Å². The molecule has 1 aromatic carbocycles. The lowest BCUT2D eigenvalue weighted by molar-refractivity contribution is -0.139. The third-order valence-electron chi connectivity index (χ3n) is 2.75. The van der Waals surface area contributed by atoms with E-state index in [0.29, 0.717) is 12.1 Å². The van der Waals surface area contributed by atoms with E-state index in [1.54, 1.807) is 12.1 Å². The van der Waals surface area contributed by atoms with Crippen LogP contribution in [0.1, 0.15) is 15.9 Å². The number of aliphatic carboxylic acids is 1. The van der Waals surface area contributed by atoms with Gasteiger partial charge in [0.1, 0.15) is 6.29 Å². The molecule has 1 aliphatic heterocycles. The maximum absolute atomic E-state index is 11.0. The normalized spacial score (nSPS) is 20.4. The molecule has 1 fully saturated rings. The number of carboxylic acid groups (broad SMARTS) is 1. The second-order valence-electron chi connectivity index (χ2n) is 3.85. The number of hydrogen-bond donors (Lipinski definition) is 1. The van der Waals surface area contributed by atoms with Gasteiger partial charge in [0.05, 0.1) is 0 Å². The summed E-state index contributed by atoms with van der Waals surface area (Å²) in [6.07, 6.45) is 0.814. The van der Waals surface area contributed by atoms with E-state index < -0.39 is 11.3 Å². The number of carboxylic acids is 1. The zero-order chi connectivity index (χ0) is 12.3. The van der Waals surface area contributed by atoms with Crippen LogP contribution in [0, 0.1) is 0 Å². The van der Waals surface area contributed by atoms with Crippen molar-refractivity contribution in [3.05, 3.63) is 35.4 Å². The topological polar surface area (TPSA) is 57.6 Å². The number of benzene rings is 1. The molecule has 5 heteroatoms. The molecule has 1 aliphatic rings. The zero-order valence-corrected chi connectivity index (χ0v) is 10.0. The molecular weight excluding hydrogens is 238 g/mol. The van der Waals surface area contributed by atoms with Crippen molar-refractivity contribution in [3.8, 4) is 0 Å². The molecule has 0 radical (unpaired) electrons. The average Bonchev–Trinajstić information content (AvgIpc) is 2.78. The Morgan fingerprint density at radius 1 is 1.53 bits per heavy atom. The molecule has 0 bridgehead atoms. The van der Waals surface area contributed by atoms with Crippen molar-refractivity contribution < 1.29 is 14.7 Å². The summed E-state index contributed by atoms with van der Waals surface area (Å²) in [5.74, 6) is 0.0105. The fraction of sp³-hybridized carbons (Fsp3) is 0.333.